The SMILES string of the molecule is CC(C)COCCOCCCC(C)(C)C(N)=S. The molecular weight excluding hydrogens is 234 g/mol. The van der Waals surface area contributed by atoms with Gasteiger partial charge in [-0.25, -0.2) is 0 Å². The molecule has 0 aromatic carbocycles. The van der Waals surface area contributed by atoms with E-state index in [1.165, 1.54) is 0 Å². The summed E-state index contributed by atoms with van der Waals surface area (Å²) in [6, 6.07) is 0. The van der Waals surface area contributed by atoms with Crippen molar-refractivity contribution in [3.8, 4) is 0 Å². The molecule has 0 fully saturated rings. The molecule has 0 heterocycles. The number of rotatable bonds is 10. The van der Waals surface area contributed by atoms with Crippen LogP contribution in [0.25, 0.3) is 0 Å². The van der Waals surface area contributed by atoms with Gasteiger partial charge in [-0.15, -0.1) is 0 Å². The minimum Gasteiger partial charge on any atom is -0.393 e. The zero-order valence-electron chi connectivity index (χ0n) is 11.6. The van der Waals surface area contributed by atoms with E-state index < -0.39 is 0 Å². The van der Waals surface area contributed by atoms with E-state index in [1.807, 2.05) is 0 Å². The summed E-state index contributed by atoms with van der Waals surface area (Å²) >= 11 is 5.01. The van der Waals surface area contributed by atoms with Crippen molar-refractivity contribution in [3.05, 3.63) is 0 Å². The van der Waals surface area contributed by atoms with E-state index in [0.717, 1.165) is 26.1 Å². The standard InChI is InChI=1S/C13H27NO2S/c1-11(2)10-16-9-8-15-7-5-6-13(3,4)12(14)17/h11H,5-10H2,1-4H3,(H2,14,17). The van der Waals surface area contributed by atoms with Crippen molar-refractivity contribution in [2.75, 3.05) is 26.4 Å². The summed E-state index contributed by atoms with van der Waals surface area (Å²) in [6.45, 7) is 11.3. The van der Waals surface area contributed by atoms with Crippen LogP contribution in [0.1, 0.15) is 40.5 Å². The normalized spacial score (nSPS) is 12.1. The van der Waals surface area contributed by atoms with E-state index in [4.69, 9.17) is 27.4 Å². The molecule has 0 radical (unpaired) electrons. The van der Waals surface area contributed by atoms with Crippen molar-refractivity contribution in [1.29, 1.82) is 0 Å². The number of ether oxygens (including phenoxy) is 2. The van der Waals surface area contributed by atoms with Crippen LogP contribution in [0.2, 0.25) is 0 Å². The zero-order valence-corrected chi connectivity index (χ0v) is 12.4. The quantitative estimate of drug-likeness (QED) is 0.485. The monoisotopic (exact) mass is 261 g/mol. The van der Waals surface area contributed by atoms with Gasteiger partial charge in [0.25, 0.3) is 0 Å². The van der Waals surface area contributed by atoms with Gasteiger partial charge in [-0.2, -0.15) is 0 Å². The predicted molar refractivity (Wildman–Crippen MR) is 76.3 cm³/mol. The van der Waals surface area contributed by atoms with Gasteiger partial charge in [0.2, 0.25) is 0 Å². The smallest absolute Gasteiger partial charge is 0.0784 e. The van der Waals surface area contributed by atoms with Crippen LogP contribution >= 0.6 is 12.2 Å². The van der Waals surface area contributed by atoms with Gasteiger partial charge in [-0.05, 0) is 18.8 Å². The Labute approximate surface area is 111 Å². The molecule has 0 bridgehead atoms. The van der Waals surface area contributed by atoms with E-state index >= 15 is 0 Å². The molecule has 0 spiro atoms. The molecule has 0 aliphatic heterocycles. The minimum absolute atomic E-state index is 0.0627. The molecule has 0 aromatic heterocycles. The third-order valence-corrected chi connectivity index (χ3v) is 3.13. The molecule has 0 amide bonds. The molecule has 0 saturated carbocycles. The van der Waals surface area contributed by atoms with Gasteiger partial charge < -0.3 is 15.2 Å². The Morgan fingerprint density at radius 1 is 1.18 bits per heavy atom. The maximum atomic E-state index is 5.65. The Kier molecular flexibility index (Phi) is 8.74. The Hall–Kier alpha value is -0.190. The maximum absolute atomic E-state index is 5.65. The second-order valence-electron chi connectivity index (χ2n) is 5.43. The van der Waals surface area contributed by atoms with Crippen LogP contribution in [0.3, 0.4) is 0 Å². The lowest BCUT2D eigenvalue weighted by molar-refractivity contribution is 0.0355. The van der Waals surface area contributed by atoms with Crippen LogP contribution < -0.4 is 5.73 Å². The number of hydrogen-bond acceptors (Lipinski definition) is 3. The second kappa shape index (κ2) is 8.84. The summed E-state index contributed by atoms with van der Waals surface area (Å²) in [5.41, 5.74) is 5.59. The first-order valence-electron chi connectivity index (χ1n) is 6.31. The fourth-order valence-corrected chi connectivity index (χ4v) is 1.38. The molecule has 0 aromatic rings. The summed E-state index contributed by atoms with van der Waals surface area (Å²) in [4.78, 5) is 0.581. The van der Waals surface area contributed by atoms with Gasteiger partial charge in [0.1, 0.15) is 0 Å². The third kappa shape index (κ3) is 9.51. The van der Waals surface area contributed by atoms with Crippen LogP contribution in [0.5, 0.6) is 0 Å². The molecule has 3 nitrogen and oxygen atoms in total. The summed E-state index contributed by atoms with van der Waals surface area (Å²) in [5.74, 6) is 0.585. The molecule has 0 unspecified atom stereocenters. The fraction of sp³-hybridized carbons (Fsp3) is 0.923. The highest BCUT2D eigenvalue weighted by Crippen LogP contribution is 2.22. The van der Waals surface area contributed by atoms with Gasteiger partial charge in [0.15, 0.2) is 0 Å². The van der Waals surface area contributed by atoms with Crippen LogP contribution in [0.4, 0.5) is 0 Å². The molecule has 17 heavy (non-hydrogen) atoms. The van der Waals surface area contributed by atoms with E-state index in [0.29, 0.717) is 24.1 Å². The first-order valence-corrected chi connectivity index (χ1v) is 6.72. The van der Waals surface area contributed by atoms with E-state index in [-0.39, 0.29) is 5.41 Å². The van der Waals surface area contributed by atoms with Crippen LogP contribution in [0, 0.1) is 11.3 Å². The zero-order chi connectivity index (χ0) is 13.3. The lowest BCUT2D eigenvalue weighted by Crippen LogP contribution is -2.29. The molecule has 0 saturated heterocycles. The molecule has 0 atom stereocenters. The van der Waals surface area contributed by atoms with Crippen molar-refractivity contribution >= 4 is 17.2 Å². The van der Waals surface area contributed by atoms with Crippen molar-refractivity contribution in [1.82, 2.24) is 0 Å². The Morgan fingerprint density at radius 3 is 2.29 bits per heavy atom. The number of thiocarbonyl (C=S) groups is 1. The molecular formula is C13H27NO2S. The van der Waals surface area contributed by atoms with Crippen molar-refractivity contribution in [3.63, 3.8) is 0 Å². The lowest BCUT2D eigenvalue weighted by atomic mass is 9.88. The summed E-state index contributed by atoms with van der Waals surface area (Å²) in [7, 11) is 0. The maximum Gasteiger partial charge on any atom is 0.0784 e. The van der Waals surface area contributed by atoms with Crippen LogP contribution in [-0.4, -0.2) is 31.4 Å². The van der Waals surface area contributed by atoms with Crippen LogP contribution in [0.15, 0.2) is 0 Å². The summed E-state index contributed by atoms with van der Waals surface area (Å²) in [6.07, 6.45) is 1.95. The van der Waals surface area contributed by atoms with E-state index in [2.05, 4.69) is 27.7 Å². The highest BCUT2D eigenvalue weighted by Gasteiger charge is 2.20. The van der Waals surface area contributed by atoms with Crippen molar-refractivity contribution < 1.29 is 9.47 Å². The number of hydrogen-bond donors (Lipinski definition) is 1. The van der Waals surface area contributed by atoms with Gasteiger partial charge in [-0.1, -0.05) is 39.9 Å². The van der Waals surface area contributed by atoms with Gasteiger partial charge in [-0.3, -0.25) is 0 Å². The van der Waals surface area contributed by atoms with Crippen LogP contribution in [-0.2, 0) is 9.47 Å². The molecule has 4 heteroatoms. The molecule has 0 rings (SSSR count). The summed E-state index contributed by atoms with van der Waals surface area (Å²) < 4.78 is 10.9. The first-order chi connectivity index (χ1) is 7.86. The highest BCUT2D eigenvalue weighted by atomic mass is 32.1. The highest BCUT2D eigenvalue weighted by molar-refractivity contribution is 7.80. The Bertz CT molecular complexity index is 217. The summed E-state index contributed by atoms with van der Waals surface area (Å²) in [5, 5.41) is 0. The molecule has 0 aliphatic carbocycles. The average molecular weight is 261 g/mol. The average Bonchev–Trinajstić information content (AvgIpc) is 2.21. The topological polar surface area (TPSA) is 44.5 Å². The van der Waals surface area contributed by atoms with Gasteiger partial charge >= 0.3 is 0 Å². The minimum atomic E-state index is -0.0627. The predicted octanol–water partition coefficient (Wildman–Crippen LogP) is 2.77. The molecule has 0 aliphatic rings. The second-order valence-corrected chi connectivity index (χ2v) is 5.87. The first kappa shape index (κ1) is 16.8. The fourth-order valence-electron chi connectivity index (χ4n) is 1.28. The van der Waals surface area contributed by atoms with Gasteiger partial charge in [0.05, 0.1) is 18.2 Å². The molecule has 102 valence electrons. The largest absolute Gasteiger partial charge is 0.393 e. The molecule has 2 N–H and O–H groups in total. The van der Waals surface area contributed by atoms with E-state index in [9.17, 15) is 0 Å². The van der Waals surface area contributed by atoms with E-state index in [1.54, 1.807) is 0 Å². The Morgan fingerprint density at radius 2 is 1.76 bits per heavy atom. The van der Waals surface area contributed by atoms with Crippen molar-refractivity contribution in [2.24, 2.45) is 17.1 Å². The van der Waals surface area contributed by atoms with Gasteiger partial charge in [0, 0.05) is 18.6 Å². The van der Waals surface area contributed by atoms with Crippen molar-refractivity contribution in [2.45, 2.75) is 40.5 Å². The Balaban J connectivity index is 3.33. The number of nitrogens with two attached hydrogens (primary N) is 1. The lowest BCUT2D eigenvalue weighted by Gasteiger charge is -2.22. The third-order valence-electron chi connectivity index (χ3n) is 2.58.